The molecule has 0 bridgehead atoms. The first-order valence-corrected chi connectivity index (χ1v) is 7.81. The Kier molecular flexibility index (Phi) is 5.76. The molecule has 1 aliphatic carbocycles. The van der Waals surface area contributed by atoms with Gasteiger partial charge >= 0.3 is 0 Å². The lowest BCUT2D eigenvalue weighted by molar-refractivity contribution is -0.125. The average Bonchev–Trinajstić information content (AvgIpc) is 3.01. The van der Waals surface area contributed by atoms with Crippen LogP contribution in [0.4, 0.5) is 0 Å². The SMILES string of the molecule is CNC(CCOCC1CCCC1)(C(N)=O)c1ccccc1. The van der Waals surface area contributed by atoms with Crippen molar-refractivity contribution in [2.45, 2.75) is 37.6 Å². The summed E-state index contributed by atoms with van der Waals surface area (Å²) in [7, 11) is 1.77. The van der Waals surface area contributed by atoms with Crippen LogP contribution in [0.5, 0.6) is 0 Å². The van der Waals surface area contributed by atoms with E-state index in [0.29, 0.717) is 18.9 Å². The van der Waals surface area contributed by atoms with Crippen LogP contribution in [-0.4, -0.2) is 26.2 Å². The Hall–Kier alpha value is -1.39. The van der Waals surface area contributed by atoms with Crippen molar-refractivity contribution in [2.75, 3.05) is 20.3 Å². The number of hydrogen-bond acceptors (Lipinski definition) is 3. The van der Waals surface area contributed by atoms with Crippen LogP contribution in [0, 0.1) is 5.92 Å². The number of benzene rings is 1. The van der Waals surface area contributed by atoms with Gasteiger partial charge < -0.3 is 15.8 Å². The number of carbonyl (C=O) groups is 1. The third-order valence-corrected chi connectivity index (χ3v) is 4.56. The monoisotopic (exact) mass is 290 g/mol. The molecule has 116 valence electrons. The molecule has 0 spiro atoms. The largest absolute Gasteiger partial charge is 0.381 e. The van der Waals surface area contributed by atoms with E-state index in [9.17, 15) is 4.79 Å². The van der Waals surface area contributed by atoms with Gasteiger partial charge in [0.1, 0.15) is 5.54 Å². The molecule has 0 heterocycles. The highest BCUT2D eigenvalue weighted by Gasteiger charge is 2.36. The first-order chi connectivity index (χ1) is 10.2. The molecule has 0 radical (unpaired) electrons. The summed E-state index contributed by atoms with van der Waals surface area (Å²) >= 11 is 0. The number of ether oxygens (including phenoxy) is 1. The fourth-order valence-electron chi connectivity index (χ4n) is 3.18. The highest BCUT2D eigenvalue weighted by molar-refractivity contribution is 5.86. The van der Waals surface area contributed by atoms with Gasteiger partial charge in [-0.15, -0.1) is 0 Å². The molecule has 1 aromatic carbocycles. The normalized spacial score (nSPS) is 18.5. The molecule has 4 nitrogen and oxygen atoms in total. The van der Waals surface area contributed by atoms with Crippen molar-refractivity contribution in [3.8, 4) is 0 Å². The second-order valence-electron chi connectivity index (χ2n) is 5.86. The molecule has 4 heteroatoms. The molecule has 1 aliphatic rings. The van der Waals surface area contributed by atoms with Gasteiger partial charge in [-0.05, 0) is 31.4 Å². The quantitative estimate of drug-likeness (QED) is 0.721. The van der Waals surface area contributed by atoms with Crippen molar-refractivity contribution in [2.24, 2.45) is 11.7 Å². The predicted octanol–water partition coefficient (Wildman–Crippen LogP) is 2.18. The van der Waals surface area contributed by atoms with Crippen molar-refractivity contribution in [1.29, 1.82) is 0 Å². The molecular weight excluding hydrogens is 264 g/mol. The molecule has 2 rings (SSSR count). The number of hydrogen-bond donors (Lipinski definition) is 2. The van der Waals surface area contributed by atoms with Crippen molar-refractivity contribution in [3.63, 3.8) is 0 Å². The van der Waals surface area contributed by atoms with E-state index in [1.54, 1.807) is 7.05 Å². The van der Waals surface area contributed by atoms with Crippen LogP contribution in [-0.2, 0) is 15.1 Å². The Morgan fingerprint density at radius 3 is 2.57 bits per heavy atom. The van der Waals surface area contributed by atoms with E-state index in [4.69, 9.17) is 10.5 Å². The lowest BCUT2D eigenvalue weighted by Crippen LogP contribution is -2.51. The number of amides is 1. The third kappa shape index (κ3) is 3.83. The minimum absolute atomic E-state index is 0.360. The second kappa shape index (κ2) is 7.57. The first kappa shape index (κ1) is 16.0. The Morgan fingerprint density at radius 2 is 2.00 bits per heavy atom. The molecule has 1 aromatic rings. The number of likely N-dealkylation sites (N-methyl/N-ethyl adjacent to an activating group) is 1. The van der Waals surface area contributed by atoms with Crippen LogP contribution in [0.1, 0.15) is 37.7 Å². The molecule has 1 saturated carbocycles. The summed E-state index contributed by atoms with van der Waals surface area (Å²) in [5, 5.41) is 3.11. The number of carbonyl (C=O) groups excluding carboxylic acids is 1. The van der Waals surface area contributed by atoms with Gasteiger partial charge in [0.15, 0.2) is 0 Å². The number of rotatable bonds is 8. The molecule has 0 aliphatic heterocycles. The summed E-state index contributed by atoms with van der Waals surface area (Å²) in [5.41, 5.74) is 5.70. The molecule has 3 N–H and O–H groups in total. The second-order valence-corrected chi connectivity index (χ2v) is 5.86. The lowest BCUT2D eigenvalue weighted by Gasteiger charge is -2.31. The summed E-state index contributed by atoms with van der Waals surface area (Å²) in [5.74, 6) is 0.333. The van der Waals surface area contributed by atoms with Crippen LogP contribution in [0.15, 0.2) is 30.3 Å². The topological polar surface area (TPSA) is 64.3 Å². The zero-order chi connectivity index (χ0) is 15.1. The van der Waals surface area contributed by atoms with Crippen LogP contribution in [0.25, 0.3) is 0 Å². The van der Waals surface area contributed by atoms with Gasteiger partial charge in [0.05, 0.1) is 0 Å². The van der Waals surface area contributed by atoms with Crippen molar-refractivity contribution in [1.82, 2.24) is 5.32 Å². The fraction of sp³-hybridized carbons (Fsp3) is 0.588. The van der Waals surface area contributed by atoms with E-state index in [1.165, 1.54) is 25.7 Å². The summed E-state index contributed by atoms with van der Waals surface area (Å²) in [6, 6.07) is 9.63. The summed E-state index contributed by atoms with van der Waals surface area (Å²) in [4.78, 5) is 12.0. The lowest BCUT2D eigenvalue weighted by atomic mass is 9.86. The smallest absolute Gasteiger partial charge is 0.242 e. The van der Waals surface area contributed by atoms with Gasteiger partial charge in [-0.2, -0.15) is 0 Å². The maximum absolute atomic E-state index is 12.0. The van der Waals surface area contributed by atoms with Crippen molar-refractivity contribution >= 4 is 5.91 Å². The summed E-state index contributed by atoms with van der Waals surface area (Å²) < 4.78 is 5.80. The maximum Gasteiger partial charge on any atom is 0.242 e. The van der Waals surface area contributed by atoms with Gasteiger partial charge in [0.25, 0.3) is 0 Å². The van der Waals surface area contributed by atoms with Crippen LogP contribution in [0.3, 0.4) is 0 Å². The van der Waals surface area contributed by atoms with Gasteiger partial charge in [0, 0.05) is 19.6 Å². The zero-order valence-electron chi connectivity index (χ0n) is 12.8. The van der Waals surface area contributed by atoms with Crippen molar-refractivity contribution in [3.05, 3.63) is 35.9 Å². The van der Waals surface area contributed by atoms with Gasteiger partial charge in [-0.1, -0.05) is 43.2 Å². The van der Waals surface area contributed by atoms with Crippen LogP contribution >= 0.6 is 0 Å². The Bertz CT molecular complexity index is 443. The average molecular weight is 290 g/mol. The van der Waals surface area contributed by atoms with E-state index < -0.39 is 5.54 Å². The van der Waals surface area contributed by atoms with Gasteiger partial charge in [-0.25, -0.2) is 0 Å². The van der Waals surface area contributed by atoms with E-state index in [0.717, 1.165) is 12.2 Å². The van der Waals surface area contributed by atoms with E-state index >= 15 is 0 Å². The Morgan fingerprint density at radius 1 is 1.33 bits per heavy atom. The van der Waals surface area contributed by atoms with Crippen molar-refractivity contribution < 1.29 is 9.53 Å². The van der Waals surface area contributed by atoms with Gasteiger partial charge in [-0.3, -0.25) is 4.79 Å². The van der Waals surface area contributed by atoms with E-state index in [1.807, 2.05) is 30.3 Å². The third-order valence-electron chi connectivity index (χ3n) is 4.56. The zero-order valence-corrected chi connectivity index (χ0v) is 12.8. The highest BCUT2D eigenvalue weighted by Crippen LogP contribution is 2.27. The molecule has 1 amide bonds. The molecule has 21 heavy (non-hydrogen) atoms. The number of nitrogens with two attached hydrogens (primary N) is 1. The minimum Gasteiger partial charge on any atom is -0.381 e. The standard InChI is InChI=1S/C17H26N2O2/c1-19-17(16(18)20,15-9-3-2-4-10-15)11-12-21-13-14-7-5-6-8-14/h2-4,9-10,14,19H,5-8,11-13H2,1H3,(H2,18,20). The van der Waals surface area contributed by atoms with Gasteiger partial charge in [0.2, 0.25) is 5.91 Å². The molecule has 1 fully saturated rings. The summed E-state index contributed by atoms with van der Waals surface area (Å²) in [6.07, 6.45) is 5.73. The number of primary amides is 1. The molecule has 0 saturated heterocycles. The first-order valence-electron chi connectivity index (χ1n) is 7.81. The Balaban J connectivity index is 1.95. The van der Waals surface area contributed by atoms with Crippen LogP contribution in [0.2, 0.25) is 0 Å². The molecule has 1 unspecified atom stereocenters. The highest BCUT2D eigenvalue weighted by atomic mass is 16.5. The Labute approximate surface area is 127 Å². The molecular formula is C17H26N2O2. The minimum atomic E-state index is -0.850. The predicted molar refractivity (Wildman–Crippen MR) is 83.8 cm³/mol. The van der Waals surface area contributed by atoms with E-state index in [-0.39, 0.29) is 5.91 Å². The number of nitrogens with one attached hydrogen (secondary N) is 1. The maximum atomic E-state index is 12.0. The molecule has 1 atom stereocenters. The fourth-order valence-corrected chi connectivity index (χ4v) is 3.18. The van der Waals surface area contributed by atoms with E-state index in [2.05, 4.69) is 5.32 Å². The van der Waals surface area contributed by atoms with Crippen LogP contribution < -0.4 is 11.1 Å². The summed E-state index contributed by atoms with van der Waals surface area (Å²) in [6.45, 7) is 1.34. The molecule has 0 aromatic heterocycles.